The molecule has 2 aliphatic rings. The molecular formula is C11H20N2O2. The van der Waals surface area contributed by atoms with Gasteiger partial charge in [0.15, 0.2) is 0 Å². The van der Waals surface area contributed by atoms with Crippen LogP contribution in [0.15, 0.2) is 0 Å². The highest BCUT2D eigenvalue weighted by Crippen LogP contribution is 2.16. The van der Waals surface area contributed by atoms with Crippen molar-refractivity contribution in [3.8, 4) is 0 Å². The Morgan fingerprint density at radius 1 is 1.40 bits per heavy atom. The van der Waals surface area contributed by atoms with Crippen LogP contribution in [-0.2, 0) is 9.53 Å². The number of rotatable bonds is 3. The van der Waals surface area contributed by atoms with Gasteiger partial charge in [0.05, 0.1) is 0 Å². The number of hydrogen-bond acceptors (Lipinski definition) is 3. The Kier molecular flexibility index (Phi) is 3.59. The summed E-state index contributed by atoms with van der Waals surface area (Å²) in [6.07, 6.45) is 3.93. The Morgan fingerprint density at radius 2 is 2.13 bits per heavy atom. The van der Waals surface area contributed by atoms with Crippen LogP contribution < -0.4 is 5.32 Å². The molecule has 4 heteroatoms. The van der Waals surface area contributed by atoms with Crippen LogP contribution >= 0.6 is 0 Å². The van der Waals surface area contributed by atoms with E-state index in [1.54, 1.807) is 0 Å². The third-order valence-corrected chi connectivity index (χ3v) is 3.50. The Balaban J connectivity index is 1.71. The molecule has 2 rings (SSSR count). The highest BCUT2D eigenvalue weighted by molar-refractivity contribution is 5.78. The summed E-state index contributed by atoms with van der Waals surface area (Å²) in [5, 5.41) is 3.54. The normalized spacial score (nSPS) is 28.7. The molecule has 0 saturated carbocycles. The smallest absolute Gasteiger partial charge is 0.222 e. The fraction of sp³-hybridized carbons (Fsp3) is 0.909. The molecule has 0 aliphatic carbocycles. The average molecular weight is 212 g/mol. The maximum Gasteiger partial charge on any atom is 0.222 e. The number of hydrogen-bond donors (Lipinski definition) is 1. The minimum atomic E-state index is 0.286. The standard InChI is InChI=1S/C11H20N2O2/c1-13-10(2-3-11(13)14)8-12-9-4-6-15-7-5-9/h9-10,12H,2-8H2,1H3/t10-/m0/s1. The molecule has 2 aliphatic heterocycles. The van der Waals surface area contributed by atoms with Gasteiger partial charge in [0, 0.05) is 45.3 Å². The fourth-order valence-corrected chi connectivity index (χ4v) is 2.31. The minimum absolute atomic E-state index is 0.286. The van der Waals surface area contributed by atoms with Crippen LogP contribution in [-0.4, -0.2) is 49.7 Å². The van der Waals surface area contributed by atoms with Crippen molar-refractivity contribution in [3.05, 3.63) is 0 Å². The molecule has 0 radical (unpaired) electrons. The van der Waals surface area contributed by atoms with Crippen LogP contribution in [0, 0.1) is 0 Å². The molecule has 0 aromatic rings. The first-order valence-corrected chi connectivity index (χ1v) is 5.84. The zero-order chi connectivity index (χ0) is 10.7. The maximum absolute atomic E-state index is 11.3. The first kappa shape index (κ1) is 10.9. The summed E-state index contributed by atoms with van der Waals surface area (Å²) in [6.45, 7) is 2.68. The third kappa shape index (κ3) is 2.69. The molecule has 1 N–H and O–H groups in total. The van der Waals surface area contributed by atoms with Gasteiger partial charge in [0.1, 0.15) is 0 Å². The lowest BCUT2D eigenvalue weighted by Crippen LogP contribution is -2.43. The topological polar surface area (TPSA) is 41.6 Å². The minimum Gasteiger partial charge on any atom is -0.381 e. The number of likely N-dealkylation sites (N-methyl/N-ethyl adjacent to an activating group) is 1. The molecule has 0 spiro atoms. The van der Waals surface area contributed by atoms with E-state index in [1.807, 2.05) is 11.9 Å². The predicted molar refractivity (Wildman–Crippen MR) is 57.6 cm³/mol. The zero-order valence-corrected chi connectivity index (χ0v) is 9.37. The van der Waals surface area contributed by atoms with Gasteiger partial charge in [0.2, 0.25) is 5.91 Å². The van der Waals surface area contributed by atoms with Crippen molar-refractivity contribution in [3.63, 3.8) is 0 Å². The van der Waals surface area contributed by atoms with Crippen LogP contribution in [0.1, 0.15) is 25.7 Å². The summed E-state index contributed by atoms with van der Waals surface area (Å²) in [5.74, 6) is 0.286. The van der Waals surface area contributed by atoms with Gasteiger partial charge in [-0.25, -0.2) is 0 Å². The van der Waals surface area contributed by atoms with Crippen LogP contribution in [0.5, 0.6) is 0 Å². The molecule has 0 aromatic carbocycles. The van der Waals surface area contributed by atoms with E-state index in [4.69, 9.17) is 4.74 Å². The van der Waals surface area contributed by atoms with Gasteiger partial charge in [-0.15, -0.1) is 0 Å². The van der Waals surface area contributed by atoms with Crippen molar-refractivity contribution < 1.29 is 9.53 Å². The van der Waals surface area contributed by atoms with Gasteiger partial charge in [-0.3, -0.25) is 4.79 Å². The van der Waals surface area contributed by atoms with Gasteiger partial charge in [-0.1, -0.05) is 0 Å². The first-order valence-electron chi connectivity index (χ1n) is 5.84. The Labute approximate surface area is 91.0 Å². The Morgan fingerprint density at radius 3 is 2.73 bits per heavy atom. The average Bonchev–Trinajstić information content (AvgIpc) is 2.59. The molecule has 0 bridgehead atoms. The van der Waals surface area contributed by atoms with Crippen molar-refractivity contribution >= 4 is 5.91 Å². The molecule has 2 heterocycles. The quantitative estimate of drug-likeness (QED) is 0.735. The summed E-state index contributed by atoms with van der Waals surface area (Å²) in [5.41, 5.74) is 0. The SMILES string of the molecule is CN1C(=O)CC[C@H]1CNC1CCOCC1. The highest BCUT2D eigenvalue weighted by atomic mass is 16.5. The second-order valence-electron chi connectivity index (χ2n) is 4.49. The van der Waals surface area contributed by atoms with Gasteiger partial charge in [-0.2, -0.15) is 0 Å². The van der Waals surface area contributed by atoms with E-state index in [0.29, 0.717) is 12.1 Å². The molecule has 0 unspecified atom stereocenters. The van der Waals surface area contributed by atoms with Gasteiger partial charge >= 0.3 is 0 Å². The van der Waals surface area contributed by atoms with Crippen molar-refractivity contribution in [1.29, 1.82) is 0 Å². The van der Waals surface area contributed by atoms with E-state index in [9.17, 15) is 4.79 Å². The Hall–Kier alpha value is -0.610. The molecule has 1 amide bonds. The number of nitrogens with one attached hydrogen (secondary N) is 1. The van der Waals surface area contributed by atoms with Gasteiger partial charge < -0.3 is 15.0 Å². The van der Waals surface area contributed by atoms with E-state index in [0.717, 1.165) is 45.4 Å². The molecule has 86 valence electrons. The molecule has 2 saturated heterocycles. The monoisotopic (exact) mass is 212 g/mol. The first-order chi connectivity index (χ1) is 7.27. The summed E-state index contributed by atoms with van der Waals surface area (Å²) >= 11 is 0. The van der Waals surface area contributed by atoms with Crippen LogP contribution in [0.3, 0.4) is 0 Å². The number of nitrogens with zero attached hydrogens (tertiary/aromatic N) is 1. The second kappa shape index (κ2) is 4.94. The van der Waals surface area contributed by atoms with E-state index in [-0.39, 0.29) is 5.91 Å². The number of ether oxygens (including phenoxy) is 1. The Bertz CT molecular complexity index is 227. The van der Waals surface area contributed by atoms with Crippen molar-refractivity contribution in [1.82, 2.24) is 10.2 Å². The van der Waals surface area contributed by atoms with Crippen LogP contribution in [0.25, 0.3) is 0 Å². The van der Waals surface area contributed by atoms with E-state index in [2.05, 4.69) is 5.32 Å². The van der Waals surface area contributed by atoms with Crippen molar-refractivity contribution in [2.24, 2.45) is 0 Å². The number of carbonyl (C=O) groups is 1. The third-order valence-electron chi connectivity index (χ3n) is 3.50. The molecule has 1 atom stereocenters. The largest absolute Gasteiger partial charge is 0.381 e. The lowest BCUT2D eigenvalue weighted by atomic mass is 10.1. The van der Waals surface area contributed by atoms with E-state index >= 15 is 0 Å². The molecule has 0 aromatic heterocycles. The molecule has 2 fully saturated rings. The lowest BCUT2D eigenvalue weighted by Gasteiger charge is -2.27. The molecule has 4 nitrogen and oxygen atoms in total. The van der Waals surface area contributed by atoms with Gasteiger partial charge in [-0.05, 0) is 19.3 Å². The maximum atomic E-state index is 11.3. The number of likely N-dealkylation sites (tertiary alicyclic amines) is 1. The zero-order valence-electron chi connectivity index (χ0n) is 9.37. The fourth-order valence-electron chi connectivity index (χ4n) is 2.31. The predicted octanol–water partition coefficient (Wildman–Crippen LogP) is 0.376. The molecular weight excluding hydrogens is 192 g/mol. The lowest BCUT2D eigenvalue weighted by molar-refractivity contribution is -0.127. The highest BCUT2D eigenvalue weighted by Gasteiger charge is 2.27. The summed E-state index contributed by atoms with van der Waals surface area (Å²) in [7, 11) is 1.91. The number of amides is 1. The number of carbonyl (C=O) groups excluding carboxylic acids is 1. The van der Waals surface area contributed by atoms with E-state index < -0.39 is 0 Å². The summed E-state index contributed by atoms with van der Waals surface area (Å²) in [6, 6.07) is 0.989. The van der Waals surface area contributed by atoms with Crippen LogP contribution in [0.4, 0.5) is 0 Å². The van der Waals surface area contributed by atoms with E-state index in [1.165, 1.54) is 0 Å². The summed E-state index contributed by atoms with van der Waals surface area (Å²) in [4.78, 5) is 13.2. The summed E-state index contributed by atoms with van der Waals surface area (Å²) < 4.78 is 5.31. The van der Waals surface area contributed by atoms with Crippen molar-refractivity contribution in [2.75, 3.05) is 26.8 Å². The van der Waals surface area contributed by atoms with Crippen molar-refractivity contribution in [2.45, 2.75) is 37.8 Å². The second-order valence-corrected chi connectivity index (χ2v) is 4.49. The van der Waals surface area contributed by atoms with Crippen LogP contribution in [0.2, 0.25) is 0 Å². The molecule has 15 heavy (non-hydrogen) atoms. The van der Waals surface area contributed by atoms with Gasteiger partial charge in [0.25, 0.3) is 0 Å².